The zero-order valence-electron chi connectivity index (χ0n) is 10.3. The molecule has 1 aromatic heterocycles. The van der Waals surface area contributed by atoms with Crippen LogP contribution >= 0.6 is 0 Å². The van der Waals surface area contributed by atoms with E-state index < -0.39 is 0 Å². The Balaban J connectivity index is 2.62. The minimum absolute atomic E-state index is 0.457. The molecule has 0 aromatic carbocycles. The average Bonchev–Trinajstić information content (AvgIpc) is 2.58. The number of nitrogens with one attached hydrogen (secondary N) is 1. The van der Waals surface area contributed by atoms with Crippen molar-refractivity contribution in [3.05, 3.63) is 18.0 Å². The van der Waals surface area contributed by atoms with E-state index in [9.17, 15) is 0 Å². The topological polar surface area (TPSA) is 29.9 Å². The van der Waals surface area contributed by atoms with Gasteiger partial charge in [0.15, 0.2) is 0 Å². The summed E-state index contributed by atoms with van der Waals surface area (Å²) in [6.07, 6.45) is 7.78. The molecular formula is C12H23N3. The molecule has 0 fully saturated rings. The van der Waals surface area contributed by atoms with Crippen LogP contribution in [0, 0.1) is 0 Å². The molecule has 3 heteroatoms. The van der Waals surface area contributed by atoms with Crippen LogP contribution in [0.2, 0.25) is 0 Å². The lowest BCUT2D eigenvalue weighted by atomic mass is 10.0. The predicted molar refractivity (Wildman–Crippen MR) is 63.7 cm³/mol. The molecule has 1 N–H and O–H groups in total. The standard InChI is InChI=1S/C12H23N3/c1-5-6-7-12(14-10(2)3)11-8-13-15(4)9-11/h8-10,12,14H,5-7H2,1-4H3. The molecule has 0 amide bonds. The molecule has 1 heterocycles. The van der Waals surface area contributed by atoms with Gasteiger partial charge < -0.3 is 5.32 Å². The number of unbranched alkanes of at least 4 members (excludes halogenated alkanes) is 1. The lowest BCUT2D eigenvalue weighted by Crippen LogP contribution is -2.27. The Kier molecular flexibility index (Phi) is 4.82. The molecule has 0 spiro atoms. The van der Waals surface area contributed by atoms with Crippen molar-refractivity contribution >= 4 is 0 Å². The van der Waals surface area contributed by atoms with E-state index in [0.29, 0.717) is 12.1 Å². The maximum atomic E-state index is 4.23. The van der Waals surface area contributed by atoms with Crippen LogP contribution in [0.25, 0.3) is 0 Å². The summed E-state index contributed by atoms with van der Waals surface area (Å²) in [5.41, 5.74) is 1.31. The predicted octanol–water partition coefficient (Wildman–Crippen LogP) is 2.65. The lowest BCUT2D eigenvalue weighted by molar-refractivity contribution is 0.439. The summed E-state index contributed by atoms with van der Waals surface area (Å²) >= 11 is 0. The highest BCUT2D eigenvalue weighted by molar-refractivity contribution is 5.10. The van der Waals surface area contributed by atoms with Gasteiger partial charge in [0.2, 0.25) is 0 Å². The highest BCUT2D eigenvalue weighted by Gasteiger charge is 2.13. The van der Waals surface area contributed by atoms with Crippen molar-refractivity contribution in [2.24, 2.45) is 7.05 Å². The molecular weight excluding hydrogens is 186 g/mol. The van der Waals surface area contributed by atoms with E-state index in [2.05, 4.69) is 37.4 Å². The van der Waals surface area contributed by atoms with Crippen LogP contribution in [0.4, 0.5) is 0 Å². The average molecular weight is 209 g/mol. The van der Waals surface area contributed by atoms with Crippen LogP contribution in [0.15, 0.2) is 12.4 Å². The summed E-state index contributed by atoms with van der Waals surface area (Å²) in [4.78, 5) is 0. The number of rotatable bonds is 6. The van der Waals surface area contributed by atoms with Crippen molar-refractivity contribution in [3.8, 4) is 0 Å². The zero-order valence-corrected chi connectivity index (χ0v) is 10.3. The van der Waals surface area contributed by atoms with Gasteiger partial charge in [0, 0.05) is 30.9 Å². The first-order chi connectivity index (χ1) is 7.13. The van der Waals surface area contributed by atoms with E-state index >= 15 is 0 Å². The number of aryl methyl sites for hydroxylation is 1. The highest BCUT2D eigenvalue weighted by Crippen LogP contribution is 2.19. The van der Waals surface area contributed by atoms with Crippen molar-refractivity contribution in [1.29, 1.82) is 0 Å². The third-order valence-electron chi connectivity index (χ3n) is 2.51. The van der Waals surface area contributed by atoms with Crippen LogP contribution in [-0.2, 0) is 7.05 Å². The van der Waals surface area contributed by atoms with Gasteiger partial charge in [-0.15, -0.1) is 0 Å². The summed E-state index contributed by atoms with van der Waals surface area (Å²) in [6, 6.07) is 0.978. The molecule has 15 heavy (non-hydrogen) atoms. The fraction of sp³-hybridized carbons (Fsp3) is 0.750. The first-order valence-electron chi connectivity index (χ1n) is 5.88. The van der Waals surface area contributed by atoms with Crippen molar-refractivity contribution < 1.29 is 0 Å². The largest absolute Gasteiger partial charge is 0.308 e. The number of nitrogens with zero attached hydrogens (tertiary/aromatic N) is 2. The zero-order chi connectivity index (χ0) is 11.3. The Hall–Kier alpha value is -0.830. The third-order valence-corrected chi connectivity index (χ3v) is 2.51. The van der Waals surface area contributed by atoms with Gasteiger partial charge in [-0.25, -0.2) is 0 Å². The molecule has 1 unspecified atom stereocenters. The summed E-state index contributed by atoms with van der Waals surface area (Å²) in [7, 11) is 1.97. The SMILES string of the molecule is CCCCC(NC(C)C)c1cnn(C)c1. The van der Waals surface area contributed by atoms with Crippen LogP contribution in [-0.4, -0.2) is 15.8 Å². The van der Waals surface area contributed by atoms with E-state index in [1.165, 1.54) is 24.8 Å². The molecule has 0 aliphatic rings. The fourth-order valence-electron chi connectivity index (χ4n) is 1.78. The number of hydrogen-bond acceptors (Lipinski definition) is 2. The van der Waals surface area contributed by atoms with Gasteiger partial charge >= 0.3 is 0 Å². The van der Waals surface area contributed by atoms with Gasteiger partial charge in [-0.2, -0.15) is 5.10 Å². The van der Waals surface area contributed by atoms with Gasteiger partial charge in [-0.3, -0.25) is 4.68 Å². The molecule has 0 radical (unpaired) electrons. The first-order valence-corrected chi connectivity index (χ1v) is 5.88. The molecule has 0 saturated carbocycles. The van der Waals surface area contributed by atoms with E-state index in [-0.39, 0.29) is 0 Å². The van der Waals surface area contributed by atoms with E-state index in [0.717, 1.165) is 0 Å². The smallest absolute Gasteiger partial charge is 0.0537 e. The minimum Gasteiger partial charge on any atom is -0.308 e. The van der Waals surface area contributed by atoms with Gasteiger partial charge in [-0.1, -0.05) is 33.6 Å². The summed E-state index contributed by atoms with van der Waals surface area (Å²) in [5.74, 6) is 0. The van der Waals surface area contributed by atoms with Crippen LogP contribution in [0.5, 0.6) is 0 Å². The monoisotopic (exact) mass is 209 g/mol. The van der Waals surface area contributed by atoms with Crippen molar-refractivity contribution in [2.45, 2.75) is 52.1 Å². The second-order valence-electron chi connectivity index (χ2n) is 4.46. The molecule has 3 nitrogen and oxygen atoms in total. The Morgan fingerprint density at radius 2 is 2.20 bits per heavy atom. The molecule has 1 atom stereocenters. The maximum Gasteiger partial charge on any atom is 0.0537 e. The summed E-state index contributed by atoms with van der Waals surface area (Å²) in [6.45, 7) is 6.61. The molecule has 0 saturated heterocycles. The number of aromatic nitrogens is 2. The summed E-state index contributed by atoms with van der Waals surface area (Å²) < 4.78 is 1.87. The Labute approximate surface area is 92.9 Å². The first kappa shape index (κ1) is 12.2. The minimum atomic E-state index is 0.457. The van der Waals surface area contributed by atoms with Gasteiger partial charge in [0.25, 0.3) is 0 Å². The maximum absolute atomic E-state index is 4.23. The van der Waals surface area contributed by atoms with E-state index in [4.69, 9.17) is 0 Å². The molecule has 0 bridgehead atoms. The van der Waals surface area contributed by atoms with Crippen LogP contribution in [0.1, 0.15) is 51.6 Å². The van der Waals surface area contributed by atoms with Gasteiger partial charge in [0.05, 0.1) is 6.20 Å². The molecule has 1 rings (SSSR count). The van der Waals surface area contributed by atoms with Crippen molar-refractivity contribution in [2.75, 3.05) is 0 Å². The number of hydrogen-bond donors (Lipinski definition) is 1. The normalized spacial score (nSPS) is 13.4. The Morgan fingerprint density at radius 1 is 1.47 bits per heavy atom. The highest BCUT2D eigenvalue weighted by atomic mass is 15.2. The van der Waals surface area contributed by atoms with E-state index in [1.807, 2.05) is 17.9 Å². The Bertz CT molecular complexity index is 278. The molecule has 1 aromatic rings. The van der Waals surface area contributed by atoms with Gasteiger partial charge in [-0.05, 0) is 6.42 Å². The lowest BCUT2D eigenvalue weighted by Gasteiger charge is -2.19. The molecule has 0 aliphatic carbocycles. The second-order valence-corrected chi connectivity index (χ2v) is 4.46. The molecule has 0 aliphatic heterocycles. The van der Waals surface area contributed by atoms with Gasteiger partial charge in [0.1, 0.15) is 0 Å². The van der Waals surface area contributed by atoms with E-state index in [1.54, 1.807) is 0 Å². The van der Waals surface area contributed by atoms with Crippen molar-refractivity contribution in [1.82, 2.24) is 15.1 Å². The summed E-state index contributed by atoms with van der Waals surface area (Å²) in [5, 5.41) is 7.82. The quantitative estimate of drug-likeness (QED) is 0.780. The third kappa shape index (κ3) is 4.04. The fourth-order valence-corrected chi connectivity index (χ4v) is 1.78. The molecule has 86 valence electrons. The Morgan fingerprint density at radius 3 is 2.67 bits per heavy atom. The van der Waals surface area contributed by atoms with Crippen molar-refractivity contribution in [3.63, 3.8) is 0 Å². The second kappa shape index (κ2) is 5.91. The van der Waals surface area contributed by atoms with Crippen LogP contribution < -0.4 is 5.32 Å². The van der Waals surface area contributed by atoms with Crippen LogP contribution in [0.3, 0.4) is 0 Å².